The Morgan fingerprint density at radius 2 is 2.03 bits per heavy atom. The SMILES string of the molecule is COc1ccc(/C(O)=C2/C(=O)C(=O)N(CCCOC(C)C)C2c2cccs2)cc1C. The number of benzene rings is 1. The number of likely N-dealkylation sites (tertiary alicyclic amines) is 1. The van der Waals surface area contributed by atoms with E-state index < -0.39 is 17.7 Å². The minimum Gasteiger partial charge on any atom is -0.507 e. The number of aliphatic hydroxyl groups excluding tert-OH is 1. The molecule has 1 aromatic carbocycles. The van der Waals surface area contributed by atoms with Crippen molar-refractivity contribution in [3.05, 3.63) is 57.3 Å². The van der Waals surface area contributed by atoms with Crippen LogP contribution in [0.1, 0.15) is 42.3 Å². The number of ketones is 1. The number of aryl methyl sites for hydroxylation is 1. The summed E-state index contributed by atoms with van der Waals surface area (Å²) < 4.78 is 10.8. The number of thiophene rings is 1. The Morgan fingerprint density at radius 3 is 2.63 bits per heavy atom. The topological polar surface area (TPSA) is 76.1 Å². The summed E-state index contributed by atoms with van der Waals surface area (Å²) in [5, 5.41) is 12.9. The minimum absolute atomic E-state index is 0.104. The highest BCUT2D eigenvalue weighted by atomic mass is 32.1. The summed E-state index contributed by atoms with van der Waals surface area (Å²) in [7, 11) is 1.58. The molecule has 7 heteroatoms. The van der Waals surface area contributed by atoms with E-state index in [1.54, 1.807) is 30.2 Å². The van der Waals surface area contributed by atoms with Gasteiger partial charge in [-0.05, 0) is 62.4 Å². The van der Waals surface area contributed by atoms with Crippen LogP contribution >= 0.6 is 11.3 Å². The molecule has 1 aliphatic heterocycles. The summed E-state index contributed by atoms with van der Waals surface area (Å²) in [6, 6.07) is 8.33. The highest BCUT2D eigenvalue weighted by Crippen LogP contribution is 2.41. The molecular weight excluding hydrogens is 402 g/mol. The van der Waals surface area contributed by atoms with Crippen LogP contribution < -0.4 is 4.74 Å². The normalized spacial score (nSPS) is 18.4. The first-order valence-electron chi connectivity index (χ1n) is 9.93. The number of aliphatic hydroxyl groups is 1. The Kier molecular flexibility index (Phi) is 6.95. The lowest BCUT2D eigenvalue weighted by Crippen LogP contribution is -2.31. The van der Waals surface area contributed by atoms with Gasteiger partial charge in [-0.25, -0.2) is 0 Å². The van der Waals surface area contributed by atoms with Crippen LogP contribution in [0.25, 0.3) is 5.76 Å². The molecule has 1 fully saturated rings. The lowest BCUT2D eigenvalue weighted by atomic mass is 9.98. The van der Waals surface area contributed by atoms with Gasteiger partial charge in [0.15, 0.2) is 0 Å². The van der Waals surface area contributed by atoms with E-state index in [9.17, 15) is 14.7 Å². The summed E-state index contributed by atoms with van der Waals surface area (Å²) in [4.78, 5) is 28.1. The van der Waals surface area contributed by atoms with Crippen molar-refractivity contribution in [2.45, 2.75) is 39.3 Å². The van der Waals surface area contributed by atoms with Gasteiger partial charge in [-0.2, -0.15) is 0 Å². The van der Waals surface area contributed by atoms with E-state index in [0.717, 1.165) is 10.4 Å². The van der Waals surface area contributed by atoms with Crippen molar-refractivity contribution in [1.29, 1.82) is 0 Å². The lowest BCUT2D eigenvalue weighted by molar-refractivity contribution is -0.140. The monoisotopic (exact) mass is 429 g/mol. The number of carbonyl (C=O) groups excluding carboxylic acids is 2. The van der Waals surface area contributed by atoms with Crippen molar-refractivity contribution in [1.82, 2.24) is 4.90 Å². The van der Waals surface area contributed by atoms with Crippen LogP contribution in [0.15, 0.2) is 41.3 Å². The molecule has 2 heterocycles. The van der Waals surface area contributed by atoms with Gasteiger partial charge in [0.1, 0.15) is 11.5 Å². The van der Waals surface area contributed by atoms with Gasteiger partial charge in [0, 0.05) is 23.6 Å². The molecule has 3 rings (SSSR count). The third kappa shape index (κ3) is 4.42. The predicted octanol–water partition coefficient (Wildman–Crippen LogP) is 4.30. The maximum absolute atomic E-state index is 12.9. The largest absolute Gasteiger partial charge is 0.507 e. The van der Waals surface area contributed by atoms with Crippen LogP contribution in [0.2, 0.25) is 0 Å². The molecule has 0 bridgehead atoms. The first-order valence-corrected chi connectivity index (χ1v) is 10.8. The first kappa shape index (κ1) is 22.1. The molecule has 1 saturated heterocycles. The van der Waals surface area contributed by atoms with Crippen molar-refractivity contribution in [2.75, 3.05) is 20.3 Å². The number of nitrogens with zero attached hydrogens (tertiary/aromatic N) is 1. The number of carbonyl (C=O) groups is 2. The molecule has 0 spiro atoms. The predicted molar refractivity (Wildman–Crippen MR) is 117 cm³/mol. The second kappa shape index (κ2) is 9.45. The molecule has 160 valence electrons. The number of ether oxygens (including phenoxy) is 2. The average molecular weight is 430 g/mol. The van der Waals surface area contributed by atoms with Crippen molar-refractivity contribution < 1.29 is 24.2 Å². The molecule has 1 unspecified atom stereocenters. The Hall–Kier alpha value is -2.64. The number of hydrogen-bond donors (Lipinski definition) is 1. The van der Waals surface area contributed by atoms with Crippen molar-refractivity contribution in [3.8, 4) is 5.75 Å². The van der Waals surface area contributed by atoms with Crippen LogP contribution in [0, 0.1) is 6.92 Å². The van der Waals surface area contributed by atoms with Crippen LogP contribution in [0.5, 0.6) is 5.75 Å². The smallest absolute Gasteiger partial charge is 0.295 e. The maximum Gasteiger partial charge on any atom is 0.295 e. The van der Waals surface area contributed by atoms with Gasteiger partial charge in [0.25, 0.3) is 11.7 Å². The molecule has 0 aliphatic carbocycles. The summed E-state index contributed by atoms with van der Waals surface area (Å²) in [5.41, 5.74) is 1.43. The average Bonchev–Trinajstić information content (AvgIpc) is 3.32. The molecule has 1 aromatic heterocycles. The van der Waals surface area contributed by atoms with E-state index in [1.807, 2.05) is 38.3 Å². The second-order valence-corrected chi connectivity index (χ2v) is 8.44. The lowest BCUT2D eigenvalue weighted by Gasteiger charge is -2.24. The standard InChI is InChI=1S/C23H27NO5S/c1-14(2)29-11-6-10-24-20(18-7-5-12-30-18)19(22(26)23(24)27)21(25)16-8-9-17(28-4)15(3)13-16/h5,7-9,12-14,20,25H,6,10-11H2,1-4H3/b21-19-. The fraction of sp³-hybridized carbons (Fsp3) is 0.391. The first-order chi connectivity index (χ1) is 14.3. The van der Waals surface area contributed by atoms with Crippen molar-refractivity contribution in [2.24, 2.45) is 0 Å². The molecule has 0 saturated carbocycles. The summed E-state index contributed by atoms with van der Waals surface area (Å²) in [6.07, 6.45) is 0.709. The maximum atomic E-state index is 12.9. The zero-order valence-electron chi connectivity index (χ0n) is 17.7. The van der Waals surface area contributed by atoms with Crippen LogP contribution in [-0.2, 0) is 14.3 Å². The molecule has 2 aromatic rings. The third-order valence-corrected chi connectivity index (χ3v) is 5.94. The van der Waals surface area contributed by atoms with E-state index in [2.05, 4.69) is 0 Å². The fourth-order valence-electron chi connectivity index (χ4n) is 3.59. The van der Waals surface area contributed by atoms with Crippen molar-refractivity contribution in [3.63, 3.8) is 0 Å². The van der Waals surface area contributed by atoms with E-state index >= 15 is 0 Å². The van der Waals surface area contributed by atoms with Gasteiger partial charge in [0.05, 0.1) is 24.8 Å². The van der Waals surface area contributed by atoms with Gasteiger partial charge in [-0.3, -0.25) is 9.59 Å². The van der Waals surface area contributed by atoms with Crippen molar-refractivity contribution >= 4 is 28.8 Å². The molecule has 0 radical (unpaired) electrons. The summed E-state index contributed by atoms with van der Waals surface area (Å²) in [5.74, 6) is -0.737. The number of methoxy groups -OCH3 is 1. The van der Waals surface area contributed by atoms with E-state index in [4.69, 9.17) is 9.47 Å². The molecule has 30 heavy (non-hydrogen) atoms. The Labute approximate surface area is 180 Å². The second-order valence-electron chi connectivity index (χ2n) is 7.47. The summed E-state index contributed by atoms with van der Waals surface area (Å²) >= 11 is 1.46. The fourth-order valence-corrected chi connectivity index (χ4v) is 4.43. The molecule has 1 N–H and O–H groups in total. The van der Waals surface area contributed by atoms with Gasteiger partial charge in [-0.15, -0.1) is 11.3 Å². The zero-order valence-corrected chi connectivity index (χ0v) is 18.5. The zero-order chi connectivity index (χ0) is 21.8. The Bertz CT molecular complexity index is 949. The Balaban J connectivity index is 1.99. The quantitative estimate of drug-likeness (QED) is 0.293. The van der Waals surface area contributed by atoms with E-state index in [-0.39, 0.29) is 17.4 Å². The van der Waals surface area contributed by atoms with Gasteiger partial charge < -0.3 is 19.5 Å². The number of amides is 1. The molecule has 1 amide bonds. The highest BCUT2D eigenvalue weighted by Gasteiger charge is 2.46. The van der Waals surface area contributed by atoms with Crippen LogP contribution in [0.3, 0.4) is 0 Å². The molecule has 1 atom stereocenters. The van der Waals surface area contributed by atoms with E-state index in [1.165, 1.54) is 11.3 Å². The minimum atomic E-state index is -0.663. The summed E-state index contributed by atoms with van der Waals surface area (Å²) in [6.45, 7) is 6.64. The van der Waals surface area contributed by atoms with E-state index in [0.29, 0.717) is 30.9 Å². The number of hydrogen-bond acceptors (Lipinski definition) is 6. The van der Waals surface area contributed by atoms with Gasteiger partial charge in [-0.1, -0.05) is 6.07 Å². The van der Waals surface area contributed by atoms with Crippen LogP contribution in [0.4, 0.5) is 0 Å². The third-order valence-electron chi connectivity index (χ3n) is 5.02. The molecule has 6 nitrogen and oxygen atoms in total. The number of rotatable bonds is 8. The van der Waals surface area contributed by atoms with Gasteiger partial charge in [0.2, 0.25) is 0 Å². The molecular formula is C23H27NO5S. The van der Waals surface area contributed by atoms with Crippen LogP contribution in [-0.4, -0.2) is 48.1 Å². The Morgan fingerprint density at radius 1 is 1.27 bits per heavy atom. The van der Waals surface area contributed by atoms with Gasteiger partial charge >= 0.3 is 0 Å². The highest BCUT2D eigenvalue weighted by molar-refractivity contribution is 7.10. The number of Topliss-reactive ketones (excluding diaryl/α,β-unsaturated/α-hetero) is 1. The molecule has 1 aliphatic rings.